The fourth-order valence-electron chi connectivity index (χ4n) is 2.04. The number of benzene rings is 1. The van der Waals surface area contributed by atoms with Crippen molar-refractivity contribution >= 4 is 11.8 Å². The zero-order valence-electron chi connectivity index (χ0n) is 11.1. The van der Waals surface area contributed by atoms with Gasteiger partial charge in [0, 0.05) is 20.0 Å². The van der Waals surface area contributed by atoms with Crippen molar-refractivity contribution in [3.63, 3.8) is 0 Å². The lowest BCUT2D eigenvalue weighted by Gasteiger charge is -2.17. The Morgan fingerprint density at radius 2 is 2.11 bits per heavy atom. The van der Waals surface area contributed by atoms with Crippen LogP contribution < -0.4 is 10.1 Å². The normalized spacial score (nSPS) is 20.2. The van der Waals surface area contributed by atoms with Gasteiger partial charge in [-0.3, -0.25) is 9.59 Å². The van der Waals surface area contributed by atoms with Gasteiger partial charge < -0.3 is 15.0 Å². The number of carbonyl (C=O) groups excluding carboxylic acids is 2. The number of likely N-dealkylation sites (N-methyl/N-ethyl adjacent to an activating group) is 1. The minimum absolute atomic E-state index is 0.0573. The van der Waals surface area contributed by atoms with Gasteiger partial charge >= 0.3 is 0 Å². The molecule has 1 N–H and O–H groups in total. The molecule has 2 unspecified atom stereocenters. The molecule has 0 spiro atoms. The van der Waals surface area contributed by atoms with Gasteiger partial charge in [0.15, 0.2) is 6.10 Å². The van der Waals surface area contributed by atoms with Gasteiger partial charge in [-0.1, -0.05) is 18.2 Å². The summed E-state index contributed by atoms with van der Waals surface area (Å²) < 4.78 is 5.53. The Kier molecular flexibility index (Phi) is 4.04. The highest BCUT2D eigenvalue weighted by Crippen LogP contribution is 2.12. The highest BCUT2D eigenvalue weighted by molar-refractivity contribution is 5.84. The summed E-state index contributed by atoms with van der Waals surface area (Å²) >= 11 is 0. The summed E-state index contributed by atoms with van der Waals surface area (Å²) in [4.78, 5) is 24.9. The van der Waals surface area contributed by atoms with Gasteiger partial charge in [0.25, 0.3) is 5.91 Å². The van der Waals surface area contributed by atoms with Crippen molar-refractivity contribution in [2.75, 3.05) is 13.6 Å². The minimum Gasteiger partial charge on any atom is -0.481 e. The second-order valence-corrected chi connectivity index (χ2v) is 4.76. The molecule has 0 aliphatic carbocycles. The van der Waals surface area contributed by atoms with E-state index < -0.39 is 6.10 Å². The number of para-hydroxylation sites is 1. The third-order valence-electron chi connectivity index (χ3n) is 3.11. The molecule has 2 atom stereocenters. The molecular formula is C14H18N2O3. The van der Waals surface area contributed by atoms with Crippen molar-refractivity contribution in [3.05, 3.63) is 30.3 Å². The van der Waals surface area contributed by atoms with Crippen LogP contribution in [0.2, 0.25) is 0 Å². The van der Waals surface area contributed by atoms with Crippen LogP contribution in [0.1, 0.15) is 13.3 Å². The fourth-order valence-corrected chi connectivity index (χ4v) is 2.04. The monoisotopic (exact) mass is 262 g/mol. The summed E-state index contributed by atoms with van der Waals surface area (Å²) in [5.74, 6) is 0.517. The summed E-state index contributed by atoms with van der Waals surface area (Å²) in [6.45, 7) is 2.26. The molecule has 0 saturated carbocycles. The molecule has 0 aromatic heterocycles. The van der Waals surface area contributed by atoms with Crippen LogP contribution in [-0.4, -0.2) is 42.5 Å². The van der Waals surface area contributed by atoms with Crippen LogP contribution in [0.25, 0.3) is 0 Å². The van der Waals surface area contributed by atoms with E-state index in [9.17, 15) is 9.59 Å². The second-order valence-electron chi connectivity index (χ2n) is 4.76. The zero-order valence-corrected chi connectivity index (χ0v) is 11.1. The van der Waals surface area contributed by atoms with Gasteiger partial charge in [0.05, 0.1) is 6.04 Å². The van der Waals surface area contributed by atoms with Gasteiger partial charge in [0.2, 0.25) is 5.91 Å². The van der Waals surface area contributed by atoms with Crippen molar-refractivity contribution in [2.24, 2.45) is 0 Å². The SMILES string of the molecule is CC(Oc1ccccc1)C(=O)NC1CC(=O)N(C)C1. The number of hydrogen-bond donors (Lipinski definition) is 1. The third kappa shape index (κ3) is 3.47. The number of nitrogens with one attached hydrogen (secondary N) is 1. The minimum atomic E-state index is -0.580. The molecule has 1 heterocycles. The van der Waals surface area contributed by atoms with E-state index in [4.69, 9.17) is 4.74 Å². The first-order chi connectivity index (χ1) is 9.06. The van der Waals surface area contributed by atoms with Crippen molar-refractivity contribution in [1.82, 2.24) is 10.2 Å². The number of likely N-dealkylation sites (tertiary alicyclic amines) is 1. The number of carbonyl (C=O) groups is 2. The molecule has 0 radical (unpaired) electrons. The van der Waals surface area contributed by atoms with E-state index in [1.54, 1.807) is 31.0 Å². The van der Waals surface area contributed by atoms with E-state index in [0.29, 0.717) is 18.7 Å². The Labute approximate surface area is 112 Å². The highest BCUT2D eigenvalue weighted by atomic mass is 16.5. The summed E-state index contributed by atoms with van der Waals surface area (Å²) in [5, 5.41) is 2.83. The molecule has 2 rings (SSSR count). The average molecular weight is 262 g/mol. The van der Waals surface area contributed by atoms with Crippen molar-refractivity contribution in [2.45, 2.75) is 25.5 Å². The quantitative estimate of drug-likeness (QED) is 0.873. The second kappa shape index (κ2) is 5.73. The number of rotatable bonds is 4. The van der Waals surface area contributed by atoms with Gasteiger partial charge in [-0.2, -0.15) is 0 Å². The van der Waals surface area contributed by atoms with Crippen LogP contribution in [0, 0.1) is 0 Å². The maximum absolute atomic E-state index is 12.0. The lowest BCUT2D eigenvalue weighted by Crippen LogP contribution is -2.43. The highest BCUT2D eigenvalue weighted by Gasteiger charge is 2.29. The molecule has 5 heteroatoms. The van der Waals surface area contributed by atoms with E-state index in [1.165, 1.54) is 0 Å². The Balaban J connectivity index is 1.85. The Morgan fingerprint density at radius 3 is 2.68 bits per heavy atom. The first-order valence-electron chi connectivity index (χ1n) is 6.32. The van der Waals surface area contributed by atoms with E-state index >= 15 is 0 Å². The molecule has 1 aromatic rings. The van der Waals surface area contributed by atoms with E-state index in [-0.39, 0.29) is 17.9 Å². The van der Waals surface area contributed by atoms with Crippen LogP contribution >= 0.6 is 0 Å². The molecule has 1 aliphatic heterocycles. The lowest BCUT2D eigenvalue weighted by molar-refractivity contribution is -0.127. The van der Waals surface area contributed by atoms with Gasteiger partial charge in [0.1, 0.15) is 5.75 Å². The fraction of sp³-hybridized carbons (Fsp3) is 0.429. The molecule has 5 nitrogen and oxygen atoms in total. The first kappa shape index (κ1) is 13.4. The third-order valence-corrected chi connectivity index (χ3v) is 3.11. The zero-order chi connectivity index (χ0) is 13.8. The lowest BCUT2D eigenvalue weighted by atomic mass is 10.2. The van der Waals surface area contributed by atoms with E-state index in [0.717, 1.165) is 0 Å². The number of nitrogens with zero attached hydrogens (tertiary/aromatic N) is 1. The van der Waals surface area contributed by atoms with Gasteiger partial charge in [-0.25, -0.2) is 0 Å². The largest absolute Gasteiger partial charge is 0.481 e. The van der Waals surface area contributed by atoms with Crippen LogP contribution in [-0.2, 0) is 9.59 Å². The molecule has 0 bridgehead atoms. The first-order valence-corrected chi connectivity index (χ1v) is 6.32. The Bertz CT molecular complexity index is 461. The molecule has 1 aliphatic rings. The van der Waals surface area contributed by atoms with Crippen molar-refractivity contribution < 1.29 is 14.3 Å². The van der Waals surface area contributed by atoms with E-state index in [1.807, 2.05) is 18.2 Å². The molecule has 2 amide bonds. The van der Waals surface area contributed by atoms with Crippen LogP contribution in [0.4, 0.5) is 0 Å². The molecular weight excluding hydrogens is 244 g/mol. The number of hydrogen-bond acceptors (Lipinski definition) is 3. The summed E-state index contributed by atoms with van der Waals surface area (Å²) in [6.07, 6.45) is -0.219. The van der Waals surface area contributed by atoms with Crippen molar-refractivity contribution in [1.29, 1.82) is 0 Å². The van der Waals surface area contributed by atoms with Gasteiger partial charge in [-0.15, -0.1) is 0 Å². The summed E-state index contributed by atoms with van der Waals surface area (Å²) in [7, 11) is 1.73. The Hall–Kier alpha value is -2.04. The topological polar surface area (TPSA) is 58.6 Å². The molecule has 1 aromatic carbocycles. The Morgan fingerprint density at radius 1 is 1.42 bits per heavy atom. The van der Waals surface area contributed by atoms with E-state index in [2.05, 4.69) is 5.32 Å². The predicted octanol–water partition coefficient (Wildman–Crippen LogP) is 0.801. The molecule has 102 valence electrons. The van der Waals surface area contributed by atoms with Crippen molar-refractivity contribution in [3.8, 4) is 5.75 Å². The van der Waals surface area contributed by atoms with Gasteiger partial charge in [-0.05, 0) is 19.1 Å². The van der Waals surface area contributed by atoms with Crippen LogP contribution in [0.3, 0.4) is 0 Å². The van der Waals surface area contributed by atoms with Crippen LogP contribution in [0.5, 0.6) is 5.75 Å². The maximum Gasteiger partial charge on any atom is 0.261 e. The summed E-state index contributed by atoms with van der Waals surface area (Å²) in [6, 6.07) is 9.08. The number of ether oxygens (including phenoxy) is 1. The molecule has 1 fully saturated rings. The average Bonchev–Trinajstić information content (AvgIpc) is 2.69. The smallest absolute Gasteiger partial charge is 0.261 e. The molecule has 19 heavy (non-hydrogen) atoms. The maximum atomic E-state index is 12.0. The molecule has 1 saturated heterocycles. The predicted molar refractivity (Wildman–Crippen MR) is 70.7 cm³/mol. The summed E-state index contributed by atoms with van der Waals surface area (Å²) in [5.41, 5.74) is 0. The standard InChI is InChI=1S/C14H18N2O3/c1-10(19-12-6-4-3-5-7-12)14(18)15-11-8-13(17)16(2)9-11/h3-7,10-11H,8-9H2,1-2H3,(H,15,18). The number of amides is 2. The van der Waals surface area contributed by atoms with Crippen LogP contribution in [0.15, 0.2) is 30.3 Å².